The maximum atomic E-state index is 13.1. The predicted octanol–water partition coefficient (Wildman–Crippen LogP) is 1.99. The van der Waals surface area contributed by atoms with Gasteiger partial charge in [0, 0.05) is 6.07 Å². The SMILES string of the molecule is O=[N+]([O-])c1ccc(CO)c(Br)c1F. The Morgan fingerprint density at radius 1 is 1.62 bits per heavy atom. The molecule has 70 valence electrons. The molecular weight excluding hydrogens is 245 g/mol. The van der Waals surface area contributed by atoms with Crippen molar-refractivity contribution in [1.82, 2.24) is 0 Å². The van der Waals surface area contributed by atoms with Crippen LogP contribution in [0, 0.1) is 15.9 Å². The van der Waals surface area contributed by atoms with Crippen LogP contribution in [0.5, 0.6) is 0 Å². The summed E-state index contributed by atoms with van der Waals surface area (Å²) in [6, 6.07) is 2.32. The summed E-state index contributed by atoms with van der Waals surface area (Å²) in [6.45, 7) is -0.366. The molecule has 0 aliphatic carbocycles. The van der Waals surface area contributed by atoms with Crippen LogP contribution in [0.25, 0.3) is 0 Å². The number of nitro groups is 1. The Morgan fingerprint density at radius 2 is 2.23 bits per heavy atom. The molecule has 6 heteroatoms. The molecule has 0 unspecified atom stereocenters. The van der Waals surface area contributed by atoms with Crippen LogP contribution in [0.4, 0.5) is 10.1 Å². The summed E-state index contributed by atoms with van der Waals surface area (Å²) in [5.74, 6) is -0.962. The fraction of sp³-hybridized carbons (Fsp3) is 0.143. The van der Waals surface area contributed by atoms with Gasteiger partial charge in [0.15, 0.2) is 0 Å². The molecule has 0 atom stereocenters. The molecule has 0 aliphatic rings. The molecule has 0 spiro atoms. The molecule has 0 aromatic heterocycles. The number of aliphatic hydroxyl groups excluding tert-OH is 1. The highest BCUT2D eigenvalue weighted by atomic mass is 79.9. The molecule has 1 N–H and O–H groups in total. The zero-order valence-corrected chi connectivity index (χ0v) is 7.91. The maximum absolute atomic E-state index is 13.1. The Morgan fingerprint density at radius 3 is 2.69 bits per heavy atom. The molecule has 0 saturated heterocycles. The van der Waals surface area contributed by atoms with E-state index in [9.17, 15) is 14.5 Å². The summed E-state index contributed by atoms with van der Waals surface area (Å²) < 4.78 is 13.0. The van der Waals surface area contributed by atoms with Gasteiger partial charge in [-0.25, -0.2) is 0 Å². The summed E-state index contributed by atoms with van der Waals surface area (Å²) >= 11 is 2.82. The Hall–Kier alpha value is -1.01. The standard InChI is InChI=1S/C7H5BrFNO3/c8-6-4(3-11)1-2-5(7(6)9)10(12)13/h1-2,11H,3H2. The van der Waals surface area contributed by atoms with E-state index in [-0.39, 0.29) is 16.6 Å². The van der Waals surface area contributed by atoms with Crippen LogP contribution in [-0.4, -0.2) is 10.0 Å². The Kier molecular flexibility index (Phi) is 2.94. The highest BCUT2D eigenvalue weighted by Gasteiger charge is 2.18. The fourth-order valence-electron chi connectivity index (χ4n) is 0.842. The highest BCUT2D eigenvalue weighted by molar-refractivity contribution is 9.10. The van der Waals surface area contributed by atoms with Gasteiger partial charge in [0.2, 0.25) is 5.82 Å². The van der Waals surface area contributed by atoms with Crippen molar-refractivity contribution in [3.8, 4) is 0 Å². The quantitative estimate of drug-likeness (QED) is 0.644. The lowest BCUT2D eigenvalue weighted by atomic mass is 10.2. The monoisotopic (exact) mass is 249 g/mol. The fourth-order valence-corrected chi connectivity index (χ4v) is 1.30. The number of halogens is 2. The number of nitro benzene ring substituents is 1. The first-order chi connectivity index (χ1) is 6.07. The third kappa shape index (κ3) is 1.84. The lowest BCUT2D eigenvalue weighted by Crippen LogP contribution is -1.96. The zero-order chi connectivity index (χ0) is 10.0. The van der Waals surface area contributed by atoms with E-state index in [4.69, 9.17) is 5.11 Å². The second-order valence-corrected chi connectivity index (χ2v) is 3.08. The van der Waals surface area contributed by atoms with Crippen molar-refractivity contribution in [2.75, 3.05) is 0 Å². The number of aliphatic hydroxyl groups is 1. The van der Waals surface area contributed by atoms with Crippen LogP contribution < -0.4 is 0 Å². The van der Waals surface area contributed by atoms with Gasteiger partial charge in [-0.2, -0.15) is 4.39 Å². The molecule has 1 aromatic carbocycles. The minimum absolute atomic E-state index is 0.0656. The second-order valence-electron chi connectivity index (χ2n) is 2.29. The van der Waals surface area contributed by atoms with Gasteiger partial charge in [-0.1, -0.05) is 0 Å². The first-order valence-corrected chi connectivity index (χ1v) is 4.09. The van der Waals surface area contributed by atoms with Crippen LogP contribution >= 0.6 is 15.9 Å². The van der Waals surface area contributed by atoms with Crippen molar-refractivity contribution in [3.63, 3.8) is 0 Å². The van der Waals surface area contributed by atoms with Crippen LogP contribution in [0.2, 0.25) is 0 Å². The average Bonchev–Trinajstić information content (AvgIpc) is 2.09. The maximum Gasteiger partial charge on any atom is 0.305 e. The van der Waals surface area contributed by atoms with Gasteiger partial charge in [-0.15, -0.1) is 0 Å². The van der Waals surface area contributed by atoms with Crippen molar-refractivity contribution in [2.24, 2.45) is 0 Å². The molecule has 0 bridgehead atoms. The predicted molar refractivity (Wildman–Crippen MR) is 46.7 cm³/mol. The Labute approximate surface area is 81.3 Å². The minimum atomic E-state index is -0.962. The molecule has 4 nitrogen and oxygen atoms in total. The minimum Gasteiger partial charge on any atom is -0.392 e. The highest BCUT2D eigenvalue weighted by Crippen LogP contribution is 2.28. The van der Waals surface area contributed by atoms with Crippen LogP contribution in [0.3, 0.4) is 0 Å². The summed E-state index contributed by atoms with van der Waals surface area (Å²) in [5, 5.41) is 19.0. The Bertz CT molecular complexity index is 356. The molecule has 1 aromatic rings. The van der Waals surface area contributed by atoms with E-state index in [1.165, 1.54) is 6.07 Å². The van der Waals surface area contributed by atoms with Gasteiger partial charge in [0.1, 0.15) is 0 Å². The third-order valence-electron chi connectivity index (χ3n) is 1.51. The molecule has 13 heavy (non-hydrogen) atoms. The zero-order valence-electron chi connectivity index (χ0n) is 6.33. The molecule has 0 saturated carbocycles. The number of benzene rings is 1. The van der Waals surface area contributed by atoms with E-state index >= 15 is 0 Å². The summed E-state index contributed by atoms with van der Waals surface area (Å²) in [5.41, 5.74) is -0.327. The van der Waals surface area contributed by atoms with E-state index < -0.39 is 16.4 Å². The van der Waals surface area contributed by atoms with Crippen LogP contribution in [-0.2, 0) is 6.61 Å². The van der Waals surface area contributed by atoms with Gasteiger partial charge in [-0.3, -0.25) is 10.1 Å². The lowest BCUT2D eigenvalue weighted by Gasteiger charge is -2.01. The van der Waals surface area contributed by atoms with Gasteiger partial charge >= 0.3 is 5.69 Å². The molecule has 0 aliphatic heterocycles. The lowest BCUT2D eigenvalue weighted by molar-refractivity contribution is -0.387. The summed E-state index contributed by atoms with van der Waals surface area (Å²) in [6.07, 6.45) is 0. The summed E-state index contributed by atoms with van der Waals surface area (Å²) in [4.78, 5) is 9.44. The van der Waals surface area contributed by atoms with Crippen molar-refractivity contribution < 1.29 is 14.4 Å². The van der Waals surface area contributed by atoms with Crippen molar-refractivity contribution in [2.45, 2.75) is 6.61 Å². The van der Waals surface area contributed by atoms with Crippen LogP contribution in [0.15, 0.2) is 16.6 Å². The van der Waals surface area contributed by atoms with E-state index in [0.29, 0.717) is 0 Å². The second kappa shape index (κ2) is 3.80. The third-order valence-corrected chi connectivity index (χ3v) is 2.37. The van der Waals surface area contributed by atoms with E-state index in [1.807, 2.05) is 0 Å². The smallest absolute Gasteiger partial charge is 0.305 e. The number of nitrogens with zero attached hydrogens (tertiary/aromatic N) is 1. The normalized spacial score (nSPS) is 10.1. The van der Waals surface area contributed by atoms with E-state index in [1.54, 1.807) is 0 Å². The molecule has 0 radical (unpaired) electrons. The molecule has 0 fully saturated rings. The van der Waals surface area contributed by atoms with Crippen molar-refractivity contribution in [3.05, 3.63) is 38.1 Å². The van der Waals surface area contributed by atoms with E-state index in [0.717, 1.165) is 6.07 Å². The van der Waals surface area contributed by atoms with Gasteiger partial charge < -0.3 is 5.11 Å². The number of hydrogen-bond acceptors (Lipinski definition) is 3. The topological polar surface area (TPSA) is 63.4 Å². The number of hydrogen-bond donors (Lipinski definition) is 1. The van der Waals surface area contributed by atoms with E-state index in [2.05, 4.69) is 15.9 Å². The Balaban J connectivity index is 3.31. The number of rotatable bonds is 2. The van der Waals surface area contributed by atoms with Crippen molar-refractivity contribution >= 4 is 21.6 Å². The first kappa shape index (κ1) is 10.1. The van der Waals surface area contributed by atoms with Crippen molar-refractivity contribution in [1.29, 1.82) is 0 Å². The summed E-state index contributed by atoms with van der Waals surface area (Å²) in [7, 11) is 0. The molecule has 1 rings (SSSR count). The molecular formula is C7H5BrFNO3. The molecule has 0 amide bonds. The van der Waals surface area contributed by atoms with Gasteiger partial charge in [-0.05, 0) is 27.6 Å². The van der Waals surface area contributed by atoms with Gasteiger partial charge in [0.05, 0.1) is 16.0 Å². The van der Waals surface area contributed by atoms with Crippen LogP contribution in [0.1, 0.15) is 5.56 Å². The largest absolute Gasteiger partial charge is 0.392 e. The average molecular weight is 250 g/mol. The molecule has 0 heterocycles. The first-order valence-electron chi connectivity index (χ1n) is 3.30. The van der Waals surface area contributed by atoms with Gasteiger partial charge in [0.25, 0.3) is 0 Å².